The summed E-state index contributed by atoms with van der Waals surface area (Å²) in [6.45, 7) is 12.9. The molecule has 202 valence electrons. The van der Waals surface area contributed by atoms with Crippen LogP contribution in [0.4, 0.5) is 5.00 Å². The standard InChI is InChI=1S/C27H36N8O2S/c1-16(2)23-24(19-10-21(36-5)26-29-15-30-35(26)14-19)31-32-25(23)27-28-11-22(38-27)34-13-17(3)33(12-18(34)4)20-6-8-37-9-7-20/h10-11,14-18,20H,6-9,12-13H2,1-5H3,(H,31,32)/t17-,18+/m0/s1. The Labute approximate surface area is 227 Å². The summed E-state index contributed by atoms with van der Waals surface area (Å²) in [6.07, 6.45) is 7.79. The van der Waals surface area contributed by atoms with Crippen molar-refractivity contribution in [1.29, 1.82) is 0 Å². The average Bonchev–Trinajstić information content (AvgIpc) is 3.68. The summed E-state index contributed by atoms with van der Waals surface area (Å²) in [5.74, 6) is 0.913. The van der Waals surface area contributed by atoms with Gasteiger partial charge < -0.3 is 14.4 Å². The number of fused-ring (bicyclic) bond motifs is 1. The lowest BCUT2D eigenvalue weighted by molar-refractivity contribution is 0.0109. The Morgan fingerprint density at radius 2 is 1.95 bits per heavy atom. The van der Waals surface area contributed by atoms with Crippen molar-refractivity contribution in [3.05, 3.63) is 30.4 Å². The Bertz CT molecular complexity index is 1410. The third kappa shape index (κ3) is 4.46. The van der Waals surface area contributed by atoms with E-state index in [1.807, 2.05) is 18.5 Å². The van der Waals surface area contributed by atoms with Crippen LogP contribution in [0.1, 0.15) is 52.0 Å². The second kappa shape index (κ2) is 10.3. The van der Waals surface area contributed by atoms with E-state index in [4.69, 9.17) is 19.6 Å². The fourth-order valence-electron chi connectivity index (χ4n) is 5.97. The monoisotopic (exact) mass is 536 g/mol. The lowest BCUT2D eigenvalue weighted by Gasteiger charge is -2.48. The molecule has 0 unspecified atom stereocenters. The molecule has 11 heteroatoms. The maximum Gasteiger partial charge on any atom is 0.197 e. The predicted molar refractivity (Wildman–Crippen MR) is 149 cm³/mol. The van der Waals surface area contributed by atoms with Gasteiger partial charge in [-0.2, -0.15) is 10.2 Å². The van der Waals surface area contributed by atoms with Gasteiger partial charge in [0.15, 0.2) is 11.4 Å². The number of pyridine rings is 1. The Kier molecular flexibility index (Phi) is 6.83. The molecular formula is C27H36N8O2S. The van der Waals surface area contributed by atoms with Crippen molar-refractivity contribution in [2.75, 3.05) is 38.3 Å². The Hall–Kier alpha value is -3.02. The van der Waals surface area contributed by atoms with E-state index in [1.54, 1.807) is 23.0 Å². The fraction of sp³-hybridized carbons (Fsp3) is 0.556. The maximum atomic E-state index is 5.61. The third-order valence-electron chi connectivity index (χ3n) is 7.90. The quantitative estimate of drug-likeness (QED) is 0.386. The molecule has 0 radical (unpaired) electrons. The van der Waals surface area contributed by atoms with Gasteiger partial charge in [-0.25, -0.2) is 14.5 Å². The molecule has 38 heavy (non-hydrogen) atoms. The second-order valence-electron chi connectivity index (χ2n) is 10.7. The number of aromatic amines is 1. The lowest BCUT2D eigenvalue weighted by Crippen LogP contribution is -2.60. The minimum Gasteiger partial charge on any atom is -0.493 e. The van der Waals surface area contributed by atoms with Gasteiger partial charge in [0.05, 0.1) is 19.0 Å². The normalized spacial score (nSPS) is 21.6. The number of aromatic nitrogens is 6. The highest BCUT2D eigenvalue weighted by molar-refractivity contribution is 7.18. The molecule has 4 aromatic heterocycles. The van der Waals surface area contributed by atoms with E-state index in [2.05, 4.69) is 52.7 Å². The molecule has 0 saturated carbocycles. The van der Waals surface area contributed by atoms with Gasteiger partial charge in [-0.1, -0.05) is 25.2 Å². The highest BCUT2D eigenvalue weighted by Gasteiger charge is 2.35. The highest BCUT2D eigenvalue weighted by Crippen LogP contribution is 2.40. The first-order valence-corrected chi connectivity index (χ1v) is 14.3. The molecule has 0 spiro atoms. The van der Waals surface area contributed by atoms with Gasteiger partial charge in [0.25, 0.3) is 0 Å². The summed E-state index contributed by atoms with van der Waals surface area (Å²) >= 11 is 1.73. The number of methoxy groups -OCH3 is 1. The first kappa shape index (κ1) is 25.3. The summed E-state index contributed by atoms with van der Waals surface area (Å²) in [7, 11) is 1.65. The summed E-state index contributed by atoms with van der Waals surface area (Å²) < 4.78 is 12.9. The van der Waals surface area contributed by atoms with E-state index in [-0.39, 0.29) is 5.92 Å². The molecule has 2 aliphatic heterocycles. The van der Waals surface area contributed by atoms with E-state index in [0.29, 0.717) is 29.5 Å². The molecule has 0 bridgehead atoms. The number of hydrogen-bond acceptors (Lipinski definition) is 9. The van der Waals surface area contributed by atoms with Crippen LogP contribution in [0, 0.1) is 0 Å². The summed E-state index contributed by atoms with van der Waals surface area (Å²) in [5, 5.41) is 14.5. The molecule has 0 aromatic carbocycles. The van der Waals surface area contributed by atoms with Crippen LogP contribution in [-0.4, -0.2) is 86.2 Å². The Balaban J connectivity index is 1.29. The lowest BCUT2D eigenvalue weighted by atomic mass is 9.97. The van der Waals surface area contributed by atoms with Crippen molar-refractivity contribution < 1.29 is 9.47 Å². The molecule has 2 fully saturated rings. The maximum absolute atomic E-state index is 5.61. The number of nitrogens with zero attached hydrogens (tertiary/aromatic N) is 7. The summed E-state index contributed by atoms with van der Waals surface area (Å²) in [4.78, 5) is 14.4. The van der Waals surface area contributed by atoms with Gasteiger partial charge >= 0.3 is 0 Å². The van der Waals surface area contributed by atoms with E-state index >= 15 is 0 Å². The van der Waals surface area contributed by atoms with E-state index in [1.165, 1.54) is 11.3 Å². The number of anilines is 1. The topological polar surface area (TPSA) is 96.7 Å². The fourth-order valence-corrected chi connectivity index (χ4v) is 7.01. The largest absolute Gasteiger partial charge is 0.493 e. The summed E-state index contributed by atoms with van der Waals surface area (Å²) in [6, 6.07) is 3.53. The van der Waals surface area contributed by atoms with Gasteiger partial charge in [-0.05, 0) is 38.7 Å². The molecule has 0 amide bonds. The van der Waals surface area contributed by atoms with Crippen LogP contribution in [0.25, 0.3) is 27.6 Å². The van der Waals surface area contributed by atoms with E-state index in [9.17, 15) is 0 Å². The van der Waals surface area contributed by atoms with Crippen LogP contribution >= 0.6 is 11.3 Å². The van der Waals surface area contributed by atoms with Crippen molar-refractivity contribution in [3.63, 3.8) is 0 Å². The number of thiazole rings is 1. The molecule has 6 heterocycles. The Morgan fingerprint density at radius 1 is 1.13 bits per heavy atom. The molecule has 0 aliphatic carbocycles. The van der Waals surface area contributed by atoms with Crippen molar-refractivity contribution in [2.24, 2.45) is 0 Å². The highest BCUT2D eigenvalue weighted by atomic mass is 32.1. The molecule has 1 N–H and O–H groups in total. The zero-order valence-electron chi connectivity index (χ0n) is 22.7. The minimum atomic E-state index is 0.241. The van der Waals surface area contributed by atoms with Crippen LogP contribution in [0.3, 0.4) is 0 Å². The third-order valence-corrected chi connectivity index (χ3v) is 8.95. The number of H-pyrrole nitrogens is 1. The Morgan fingerprint density at radius 3 is 2.71 bits per heavy atom. The smallest absolute Gasteiger partial charge is 0.197 e. The summed E-state index contributed by atoms with van der Waals surface area (Å²) in [5.41, 5.74) is 4.64. The van der Waals surface area contributed by atoms with Crippen LogP contribution in [0.5, 0.6) is 5.75 Å². The van der Waals surface area contributed by atoms with Gasteiger partial charge in [0.1, 0.15) is 22.0 Å². The van der Waals surface area contributed by atoms with Gasteiger partial charge in [-0.15, -0.1) is 0 Å². The van der Waals surface area contributed by atoms with Crippen molar-refractivity contribution in [1.82, 2.24) is 34.7 Å². The zero-order chi connectivity index (χ0) is 26.4. The van der Waals surface area contributed by atoms with Gasteiger partial charge in [0, 0.05) is 61.8 Å². The van der Waals surface area contributed by atoms with Crippen LogP contribution in [-0.2, 0) is 4.74 Å². The molecular weight excluding hydrogens is 500 g/mol. The number of nitrogens with one attached hydrogen (secondary N) is 1. The first-order valence-electron chi connectivity index (χ1n) is 13.5. The van der Waals surface area contributed by atoms with E-state index in [0.717, 1.165) is 66.7 Å². The number of rotatable bonds is 6. The van der Waals surface area contributed by atoms with Gasteiger partial charge in [0.2, 0.25) is 0 Å². The molecule has 4 aromatic rings. The van der Waals surface area contributed by atoms with Crippen molar-refractivity contribution >= 4 is 22.0 Å². The number of piperazine rings is 1. The second-order valence-corrected chi connectivity index (χ2v) is 11.7. The molecule has 2 atom stereocenters. The molecule has 6 rings (SSSR count). The van der Waals surface area contributed by atoms with Crippen LogP contribution in [0.15, 0.2) is 24.8 Å². The van der Waals surface area contributed by atoms with Crippen molar-refractivity contribution in [3.8, 4) is 27.7 Å². The molecule has 2 aliphatic rings. The molecule has 10 nitrogen and oxygen atoms in total. The van der Waals surface area contributed by atoms with E-state index < -0.39 is 0 Å². The van der Waals surface area contributed by atoms with Gasteiger partial charge in [-0.3, -0.25) is 10.00 Å². The zero-order valence-corrected chi connectivity index (χ0v) is 23.5. The predicted octanol–water partition coefficient (Wildman–Crippen LogP) is 4.45. The number of hydrogen-bond donors (Lipinski definition) is 1. The minimum absolute atomic E-state index is 0.241. The first-order chi connectivity index (χ1) is 18.4. The number of ether oxygens (including phenoxy) is 2. The average molecular weight is 537 g/mol. The molecule has 2 saturated heterocycles. The van der Waals surface area contributed by atoms with Crippen molar-refractivity contribution in [2.45, 2.75) is 64.6 Å². The van der Waals surface area contributed by atoms with Crippen LogP contribution < -0.4 is 9.64 Å². The van der Waals surface area contributed by atoms with Crippen LogP contribution in [0.2, 0.25) is 0 Å². The SMILES string of the molecule is COc1cc(-c2[nH]nc(-c3ncc(N4C[C@H](C)N(C5CCOCC5)C[C@H]4C)s3)c2C(C)C)cn2ncnc12.